The fraction of sp³-hybridized carbons (Fsp3) is 0.200. The fourth-order valence-electron chi connectivity index (χ4n) is 0.448. The highest BCUT2D eigenvalue weighted by Gasteiger charge is 1.78. The molecule has 0 fully saturated rings. The molecule has 1 rings (SSSR count). The maximum Gasteiger partial charge on any atom is 0.0268 e. The lowest BCUT2D eigenvalue weighted by Gasteiger charge is -1.90. The minimum absolute atomic E-state index is 0.297. The van der Waals surface area contributed by atoms with Crippen LogP contribution in [0, 0.1) is 0 Å². The predicted molar refractivity (Wildman–Crippen MR) is 37.9 cm³/mol. The Morgan fingerprint density at radius 2 is 2.43 bits per heavy atom. The summed E-state index contributed by atoms with van der Waals surface area (Å²) in [6.45, 7) is 2.21. The maximum absolute atomic E-state index is 3.97. The molecule has 0 saturated carbocycles. The number of allylic oxidation sites excluding steroid dienone is 1. The molecule has 1 aliphatic rings. The Labute approximate surface area is 44.2 Å². The zero-order valence-corrected chi connectivity index (χ0v) is 5.26. The number of nitrogens with zero attached hydrogens (tertiary/aromatic N) is 1. The van der Waals surface area contributed by atoms with E-state index >= 15 is 0 Å². The van der Waals surface area contributed by atoms with Crippen LogP contribution in [0.4, 0.5) is 0 Å². The number of hydrogen-bond donors (Lipinski definition) is 0. The summed E-state index contributed by atoms with van der Waals surface area (Å²) in [4.78, 5) is 3.97. The van der Waals surface area contributed by atoms with Crippen molar-refractivity contribution in [3.05, 3.63) is 12.3 Å². The second-order valence-electron chi connectivity index (χ2n) is 1.53. The topological polar surface area (TPSA) is 12.4 Å². The Morgan fingerprint density at radius 1 is 1.57 bits per heavy atom. The van der Waals surface area contributed by atoms with Crippen molar-refractivity contribution in [1.82, 2.24) is 0 Å². The largest absolute Gasteiger partial charge is 0.265 e. The Morgan fingerprint density at radius 3 is 2.71 bits per heavy atom. The SMILES string of the molecule is C[PH]1=CC=CN=C1. The molecule has 0 aromatic heterocycles. The monoisotopic (exact) mass is 113 g/mol. The van der Waals surface area contributed by atoms with Crippen LogP contribution in [0.15, 0.2) is 17.3 Å². The lowest BCUT2D eigenvalue weighted by Crippen LogP contribution is -1.71. The molecule has 0 saturated heterocycles. The van der Waals surface area contributed by atoms with Gasteiger partial charge >= 0.3 is 0 Å². The lowest BCUT2D eigenvalue weighted by atomic mass is 10.7. The molecule has 7 heavy (non-hydrogen) atoms. The Bertz CT molecular complexity index is 144. The van der Waals surface area contributed by atoms with Crippen LogP contribution in [0.25, 0.3) is 0 Å². The molecular formula is C5H8NP. The first-order valence-corrected chi connectivity index (χ1v) is 4.42. The van der Waals surface area contributed by atoms with Gasteiger partial charge in [0.05, 0.1) is 0 Å². The van der Waals surface area contributed by atoms with E-state index in [0.717, 1.165) is 0 Å². The lowest BCUT2D eigenvalue weighted by molar-refractivity contribution is 1.63. The summed E-state index contributed by atoms with van der Waals surface area (Å²) in [5.74, 6) is 4.22. The van der Waals surface area contributed by atoms with Gasteiger partial charge in [-0.1, -0.05) is 13.3 Å². The van der Waals surface area contributed by atoms with Crippen molar-refractivity contribution in [3.8, 4) is 0 Å². The molecule has 1 heterocycles. The van der Waals surface area contributed by atoms with Crippen LogP contribution in [0.5, 0.6) is 0 Å². The van der Waals surface area contributed by atoms with Gasteiger partial charge in [0.1, 0.15) is 0 Å². The summed E-state index contributed by atoms with van der Waals surface area (Å²) < 4.78 is 0. The molecule has 1 nitrogen and oxygen atoms in total. The Hall–Kier alpha value is -0.290. The van der Waals surface area contributed by atoms with Crippen LogP contribution < -0.4 is 0 Å². The van der Waals surface area contributed by atoms with E-state index in [1.54, 1.807) is 0 Å². The van der Waals surface area contributed by atoms with Gasteiger partial charge in [-0.2, -0.15) is 0 Å². The van der Waals surface area contributed by atoms with E-state index in [1.165, 1.54) is 0 Å². The minimum atomic E-state index is -0.297. The molecule has 0 bridgehead atoms. The number of rotatable bonds is 0. The van der Waals surface area contributed by atoms with Crippen molar-refractivity contribution in [2.24, 2.45) is 4.99 Å². The molecule has 0 amide bonds. The summed E-state index contributed by atoms with van der Waals surface area (Å²) >= 11 is 0. The van der Waals surface area contributed by atoms with Gasteiger partial charge in [0.25, 0.3) is 0 Å². The van der Waals surface area contributed by atoms with Gasteiger partial charge in [-0.3, -0.25) is 4.99 Å². The summed E-state index contributed by atoms with van der Waals surface area (Å²) in [6, 6.07) is 0. The van der Waals surface area contributed by atoms with Crippen molar-refractivity contribution in [2.45, 2.75) is 0 Å². The molecule has 0 aliphatic carbocycles. The summed E-state index contributed by atoms with van der Waals surface area (Å²) in [6.07, 6.45) is 3.83. The van der Waals surface area contributed by atoms with Gasteiger partial charge in [0.2, 0.25) is 0 Å². The summed E-state index contributed by atoms with van der Waals surface area (Å²) in [7, 11) is -0.297. The zero-order valence-electron chi connectivity index (χ0n) is 4.26. The van der Waals surface area contributed by atoms with E-state index in [1.807, 2.05) is 18.2 Å². The molecule has 2 heteroatoms. The van der Waals surface area contributed by atoms with Crippen LogP contribution in [0.3, 0.4) is 0 Å². The molecule has 0 spiro atoms. The first-order valence-electron chi connectivity index (χ1n) is 2.26. The van der Waals surface area contributed by atoms with E-state index in [4.69, 9.17) is 0 Å². The average molecular weight is 113 g/mol. The van der Waals surface area contributed by atoms with Crippen LogP contribution >= 0.6 is 7.55 Å². The maximum atomic E-state index is 3.97. The Balaban J connectivity index is 2.82. The molecule has 0 radical (unpaired) electrons. The Kier molecular flexibility index (Phi) is 1.48. The van der Waals surface area contributed by atoms with Crippen LogP contribution in [0.1, 0.15) is 0 Å². The van der Waals surface area contributed by atoms with Crippen LogP contribution in [-0.2, 0) is 0 Å². The van der Waals surface area contributed by atoms with Crippen molar-refractivity contribution < 1.29 is 0 Å². The van der Waals surface area contributed by atoms with Gasteiger partial charge in [-0.15, -0.1) is 0 Å². The highest BCUT2D eigenvalue weighted by molar-refractivity contribution is 7.71. The van der Waals surface area contributed by atoms with Crippen LogP contribution in [0.2, 0.25) is 0 Å². The van der Waals surface area contributed by atoms with Gasteiger partial charge in [0, 0.05) is 12.2 Å². The minimum Gasteiger partial charge on any atom is -0.265 e. The first kappa shape index (κ1) is 4.86. The quantitative estimate of drug-likeness (QED) is 0.418. The molecule has 38 valence electrons. The number of aliphatic imine (C=N–C) groups is 1. The second-order valence-corrected chi connectivity index (χ2v) is 3.61. The third kappa shape index (κ3) is 1.32. The normalized spacial score (nSPS) is 27.3. The zero-order chi connectivity index (χ0) is 5.11. The summed E-state index contributed by atoms with van der Waals surface area (Å²) in [5, 5.41) is 0. The van der Waals surface area contributed by atoms with Gasteiger partial charge in [0.15, 0.2) is 0 Å². The number of hydrogen-bond acceptors (Lipinski definition) is 1. The molecule has 0 aromatic rings. The third-order valence-electron chi connectivity index (χ3n) is 0.809. The van der Waals surface area contributed by atoms with Crippen molar-refractivity contribution >= 4 is 19.3 Å². The van der Waals surface area contributed by atoms with Gasteiger partial charge < -0.3 is 0 Å². The molecule has 1 atom stereocenters. The van der Waals surface area contributed by atoms with Gasteiger partial charge in [-0.25, -0.2) is 0 Å². The molecule has 1 unspecified atom stereocenters. The van der Waals surface area contributed by atoms with Crippen molar-refractivity contribution in [2.75, 3.05) is 6.66 Å². The molecule has 1 aliphatic heterocycles. The predicted octanol–water partition coefficient (Wildman–Crippen LogP) is 1.19. The molecule has 0 aromatic carbocycles. The molecule has 0 N–H and O–H groups in total. The van der Waals surface area contributed by atoms with E-state index in [9.17, 15) is 0 Å². The van der Waals surface area contributed by atoms with E-state index in [2.05, 4.69) is 17.5 Å². The van der Waals surface area contributed by atoms with E-state index in [-0.39, 0.29) is 7.55 Å². The average Bonchev–Trinajstić information content (AvgIpc) is 1.69. The first-order chi connectivity index (χ1) is 3.39. The highest BCUT2D eigenvalue weighted by Crippen LogP contribution is 2.12. The summed E-state index contributed by atoms with van der Waals surface area (Å²) in [5.41, 5.74) is 0. The van der Waals surface area contributed by atoms with E-state index < -0.39 is 0 Å². The van der Waals surface area contributed by atoms with Crippen LogP contribution in [-0.4, -0.2) is 18.4 Å². The fourth-order valence-corrected chi connectivity index (χ4v) is 1.25. The van der Waals surface area contributed by atoms with E-state index in [0.29, 0.717) is 0 Å². The van der Waals surface area contributed by atoms with Crippen molar-refractivity contribution in [1.29, 1.82) is 0 Å². The standard InChI is InChI=1S/C5H8NP/c1-7-4-2-3-6-5-7/h2-5,7H,1H3. The van der Waals surface area contributed by atoms with Gasteiger partial charge in [-0.05, 0) is 12.7 Å². The third-order valence-corrected chi connectivity index (χ3v) is 2.08. The smallest absolute Gasteiger partial charge is 0.0268 e. The van der Waals surface area contributed by atoms with Crippen molar-refractivity contribution in [3.63, 3.8) is 0 Å². The molecular weight excluding hydrogens is 105 g/mol. The highest BCUT2D eigenvalue weighted by atomic mass is 31.1. The second kappa shape index (κ2) is 2.13.